The Morgan fingerprint density at radius 2 is 1.83 bits per heavy atom. The van der Waals surface area contributed by atoms with E-state index in [1.807, 2.05) is 6.07 Å². The molecule has 0 aliphatic rings. The SMILES string of the molecule is Cc1ccccc1NC(=O)C(=O)NN=Cc1ccc(O)cc1O. The Labute approximate surface area is 132 Å². The second kappa shape index (κ2) is 7.08. The lowest BCUT2D eigenvalue weighted by molar-refractivity contribution is -0.136. The van der Waals surface area contributed by atoms with Crippen LogP contribution < -0.4 is 10.7 Å². The summed E-state index contributed by atoms with van der Waals surface area (Å²) in [4.78, 5) is 23.4. The normalized spacial score (nSPS) is 10.5. The highest BCUT2D eigenvalue weighted by Crippen LogP contribution is 2.20. The van der Waals surface area contributed by atoms with E-state index in [4.69, 9.17) is 5.11 Å². The van der Waals surface area contributed by atoms with Crippen molar-refractivity contribution < 1.29 is 19.8 Å². The molecule has 118 valence electrons. The van der Waals surface area contributed by atoms with Crippen LogP contribution in [0.1, 0.15) is 11.1 Å². The fourth-order valence-corrected chi connectivity index (χ4v) is 1.74. The predicted molar refractivity (Wildman–Crippen MR) is 85.3 cm³/mol. The van der Waals surface area contributed by atoms with Crippen molar-refractivity contribution in [1.29, 1.82) is 0 Å². The molecule has 0 saturated carbocycles. The van der Waals surface area contributed by atoms with Crippen LogP contribution in [0.15, 0.2) is 47.6 Å². The summed E-state index contributed by atoms with van der Waals surface area (Å²) in [6.45, 7) is 1.80. The second-order valence-corrected chi connectivity index (χ2v) is 4.71. The third-order valence-corrected chi connectivity index (χ3v) is 2.98. The summed E-state index contributed by atoms with van der Waals surface area (Å²) in [6.07, 6.45) is 1.16. The number of hydrogen-bond acceptors (Lipinski definition) is 5. The van der Waals surface area contributed by atoms with Crippen molar-refractivity contribution in [2.45, 2.75) is 6.92 Å². The van der Waals surface area contributed by atoms with Gasteiger partial charge in [0.15, 0.2) is 0 Å². The number of carbonyl (C=O) groups excluding carboxylic acids is 2. The van der Waals surface area contributed by atoms with Gasteiger partial charge in [-0.1, -0.05) is 18.2 Å². The van der Waals surface area contributed by atoms with E-state index in [1.54, 1.807) is 25.1 Å². The summed E-state index contributed by atoms with van der Waals surface area (Å²) in [5.41, 5.74) is 3.70. The molecule has 0 aromatic heterocycles. The minimum atomic E-state index is -0.942. The molecule has 0 heterocycles. The van der Waals surface area contributed by atoms with E-state index in [0.717, 1.165) is 17.8 Å². The van der Waals surface area contributed by atoms with Crippen molar-refractivity contribution in [2.75, 3.05) is 5.32 Å². The second-order valence-electron chi connectivity index (χ2n) is 4.71. The van der Waals surface area contributed by atoms with Crippen molar-refractivity contribution in [1.82, 2.24) is 5.43 Å². The van der Waals surface area contributed by atoms with Gasteiger partial charge in [0, 0.05) is 17.3 Å². The minimum Gasteiger partial charge on any atom is -0.508 e. The van der Waals surface area contributed by atoms with Crippen LogP contribution in [-0.2, 0) is 9.59 Å². The Balaban J connectivity index is 1.95. The molecule has 4 N–H and O–H groups in total. The highest BCUT2D eigenvalue weighted by molar-refractivity contribution is 6.39. The smallest absolute Gasteiger partial charge is 0.329 e. The van der Waals surface area contributed by atoms with E-state index in [2.05, 4.69) is 15.8 Å². The van der Waals surface area contributed by atoms with Crippen LogP contribution >= 0.6 is 0 Å². The van der Waals surface area contributed by atoms with Gasteiger partial charge in [-0.2, -0.15) is 5.10 Å². The number of hydrazone groups is 1. The molecule has 2 aromatic carbocycles. The topological polar surface area (TPSA) is 111 Å². The first-order valence-electron chi connectivity index (χ1n) is 6.69. The monoisotopic (exact) mass is 313 g/mol. The number of nitrogens with zero attached hydrogens (tertiary/aromatic N) is 1. The van der Waals surface area contributed by atoms with Crippen molar-refractivity contribution >= 4 is 23.7 Å². The number of nitrogens with one attached hydrogen (secondary N) is 2. The van der Waals surface area contributed by atoms with Gasteiger partial charge in [-0.3, -0.25) is 9.59 Å². The van der Waals surface area contributed by atoms with Gasteiger partial charge in [0.05, 0.1) is 6.21 Å². The fourth-order valence-electron chi connectivity index (χ4n) is 1.74. The van der Waals surface area contributed by atoms with Crippen molar-refractivity contribution in [3.63, 3.8) is 0 Å². The number of hydrogen-bond donors (Lipinski definition) is 4. The maximum atomic E-state index is 11.7. The molecule has 2 aromatic rings. The minimum absolute atomic E-state index is 0.0960. The van der Waals surface area contributed by atoms with Gasteiger partial charge in [0.2, 0.25) is 0 Å². The molecular formula is C16H15N3O4. The van der Waals surface area contributed by atoms with E-state index in [0.29, 0.717) is 5.69 Å². The first-order valence-corrected chi connectivity index (χ1v) is 6.69. The van der Waals surface area contributed by atoms with Gasteiger partial charge in [-0.15, -0.1) is 0 Å². The van der Waals surface area contributed by atoms with Gasteiger partial charge < -0.3 is 15.5 Å². The maximum Gasteiger partial charge on any atom is 0.329 e. The number of phenols is 2. The molecule has 7 nitrogen and oxygen atoms in total. The van der Waals surface area contributed by atoms with Gasteiger partial charge in [0.25, 0.3) is 0 Å². The number of phenolic OH excluding ortho intramolecular Hbond substituents is 2. The molecule has 0 aliphatic carbocycles. The zero-order valence-electron chi connectivity index (χ0n) is 12.3. The van der Waals surface area contributed by atoms with Crippen LogP contribution in [0.3, 0.4) is 0 Å². The van der Waals surface area contributed by atoms with E-state index in [-0.39, 0.29) is 17.1 Å². The molecule has 2 rings (SSSR count). The lowest BCUT2D eigenvalue weighted by atomic mass is 10.2. The highest BCUT2D eigenvalue weighted by atomic mass is 16.3. The third kappa shape index (κ3) is 4.31. The maximum absolute atomic E-state index is 11.7. The summed E-state index contributed by atoms with van der Waals surface area (Å²) < 4.78 is 0. The molecule has 0 fully saturated rings. The van der Waals surface area contributed by atoms with Crippen molar-refractivity contribution in [2.24, 2.45) is 5.10 Å². The molecule has 0 spiro atoms. The third-order valence-electron chi connectivity index (χ3n) is 2.98. The number of benzene rings is 2. The number of aromatic hydroxyl groups is 2. The average molecular weight is 313 g/mol. The zero-order chi connectivity index (χ0) is 16.8. The van der Waals surface area contributed by atoms with Crippen LogP contribution in [0.2, 0.25) is 0 Å². The van der Waals surface area contributed by atoms with E-state index < -0.39 is 11.8 Å². The van der Waals surface area contributed by atoms with E-state index >= 15 is 0 Å². The number of rotatable bonds is 3. The fraction of sp³-hybridized carbons (Fsp3) is 0.0625. The Bertz CT molecular complexity index is 772. The van der Waals surface area contributed by atoms with Gasteiger partial charge in [0.1, 0.15) is 11.5 Å². The van der Waals surface area contributed by atoms with Gasteiger partial charge in [-0.25, -0.2) is 5.43 Å². The molecule has 23 heavy (non-hydrogen) atoms. The van der Waals surface area contributed by atoms with E-state index in [1.165, 1.54) is 12.1 Å². The first-order chi connectivity index (χ1) is 11.0. The van der Waals surface area contributed by atoms with Gasteiger partial charge >= 0.3 is 11.8 Å². The van der Waals surface area contributed by atoms with Crippen LogP contribution in [0.4, 0.5) is 5.69 Å². The molecule has 0 unspecified atom stereocenters. The number of anilines is 1. The van der Waals surface area contributed by atoms with Crippen molar-refractivity contribution in [3.8, 4) is 11.5 Å². The van der Waals surface area contributed by atoms with Gasteiger partial charge in [-0.05, 0) is 30.7 Å². The quantitative estimate of drug-likeness (QED) is 0.391. The number of amides is 2. The molecule has 7 heteroatoms. The first kappa shape index (κ1) is 16.0. The molecule has 2 amide bonds. The summed E-state index contributed by atoms with van der Waals surface area (Å²) in [5, 5.41) is 24.8. The number of aryl methyl sites for hydroxylation is 1. The number of para-hydroxylation sites is 1. The summed E-state index contributed by atoms with van der Waals surface area (Å²) in [7, 11) is 0. The predicted octanol–water partition coefficient (Wildman–Crippen LogP) is 1.50. The Morgan fingerprint density at radius 1 is 1.09 bits per heavy atom. The van der Waals surface area contributed by atoms with Crippen LogP contribution in [0.25, 0.3) is 0 Å². The molecular weight excluding hydrogens is 298 g/mol. The van der Waals surface area contributed by atoms with Crippen LogP contribution in [0, 0.1) is 6.92 Å². The molecule has 0 aliphatic heterocycles. The zero-order valence-corrected chi connectivity index (χ0v) is 12.3. The largest absolute Gasteiger partial charge is 0.508 e. The Hall–Kier alpha value is -3.35. The molecule has 0 bridgehead atoms. The Morgan fingerprint density at radius 3 is 2.52 bits per heavy atom. The van der Waals surface area contributed by atoms with Crippen molar-refractivity contribution in [3.05, 3.63) is 53.6 Å². The summed E-state index contributed by atoms with van der Waals surface area (Å²) in [5.74, 6) is -2.09. The highest BCUT2D eigenvalue weighted by Gasteiger charge is 2.13. The number of carbonyl (C=O) groups is 2. The Kier molecular flexibility index (Phi) is 4.93. The standard InChI is InChI=1S/C16H15N3O4/c1-10-4-2-3-5-13(10)18-15(22)16(23)19-17-9-11-6-7-12(20)8-14(11)21/h2-9,20-21H,1H3,(H,18,22)(H,19,23). The van der Waals surface area contributed by atoms with Crippen LogP contribution in [-0.4, -0.2) is 28.2 Å². The molecule has 0 saturated heterocycles. The summed E-state index contributed by atoms with van der Waals surface area (Å²) in [6, 6.07) is 10.9. The van der Waals surface area contributed by atoms with Crippen LogP contribution in [0.5, 0.6) is 11.5 Å². The lowest BCUT2D eigenvalue weighted by Gasteiger charge is -2.06. The molecule has 0 radical (unpaired) electrons. The average Bonchev–Trinajstić information content (AvgIpc) is 2.51. The van der Waals surface area contributed by atoms with E-state index in [9.17, 15) is 14.7 Å². The summed E-state index contributed by atoms with van der Waals surface area (Å²) >= 11 is 0. The lowest BCUT2D eigenvalue weighted by Crippen LogP contribution is -2.32. The molecule has 0 atom stereocenters.